The molecule has 0 atom stereocenters. The molecule has 0 unspecified atom stereocenters. The van der Waals surface area contributed by atoms with Gasteiger partial charge in [-0.05, 0) is 6.42 Å². The van der Waals surface area contributed by atoms with Gasteiger partial charge in [0, 0.05) is 13.0 Å². The highest BCUT2D eigenvalue weighted by molar-refractivity contribution is 6.46. The summed E-state index contributed by atoms with van der Waals surface area (Å²) in [4.78, 5) is 38.0. The van der Waals surface area contributed by atoms with Gasteiger partial charge >= 0.3 is 11.9 Å². The molecule has 24 heavy (non-hydrogen) atoms. The normalized spacial score (nSPS) is 10.2. The van der Waals surface area contributed by atoms with Crippen molar-refractivity contribution < 1.29 is 23.9 Å². The monoisotopic (exact) mass is 397 g/mol. The number of nitrogen functional groups attached to an aromatic ring is 1. The van der Waals surface area contributed by atoms with Gasteiger partial charge in [-0.25, -0.2) is 9.78 Å². The standard InChI is InChI=1S/C13H14Cl3N3O5/c1-23-7(21)3-2-4-18-6(20)5-24-13(22)11-8(14)10(17)9(15)12(16)19-11/h2-5H2,1H3,(H2,17,19)(H,18,20). The van der Waals surface area contributed by atoms with Gasteiger partial charge in [0.15, 0.2) is 17.5 Å². The number of aromatic nitrogens is 1. The van der Waals surface area contributed by atoms with E-state index in [2.05, 4.69) is 15.0 Å². The average molecular weight is 399 g/mol. The summed E-state index contributed by atoms with van der Waals surface area (Å²) in [5.41, 5.74) is 5.12. The van der Waals surface area contributed by atoms with Gasteiger partial charge in [0.2, 0.25) is 0 Å². The number of hydrogen-bond donors (Lipinski definition) is 2. The highest BCUT2D eigenvalue weighted by Gasteiger charge is 2.21. The average Bonchev–Trinajstić information content (AvgIpc) is 2.57. The maximum Gasteiger partial charge on any atom is 0.359 e. The van der Waals surface area contributed by atoms with Crippen LogP contribution in [0.25, 0.3) is 0 Å². The summed E-state index contributed by atoms with van der Waals surface area (Å²) in [5, 5.41) is 1.96. The lowest BCUT2D eigenvalue weighted by atomic mass is 10.3. The van der Waals surface area contributed by atoms with Crippen molar-refractivity contribution in [3.8, 4) is 0 Å². The van der Waals surface area contributed by atoms with E-state index in [1.54, 1.807) is 0 Å². The van der Waals surface area contributed by atoms with Gasteiger partial charge in [-0.15, -0.1) is 0 Å². The smallest absolute Gasteiger partial charge is 0.359 e. The summed E-state index contributed by atoms with van der Waals surface area (Å²) in [5.74, 6) is -1.92. The molecule has 0 spiro atoms. The Bertz CT molecular complexity index is 654. The number of halogens is 3. The Morgan fingerprint density at radius 3 is 2.50 bits per heavy atom. The van der Waals surface area contributed by atoms with Crippen LogP contribution in [0.3, 0.4) is 0 Å². The fraction of sp³-hybridized carbons (Fsp3) is 0.385. The Kier molecular flexibility index (Phi) is 8.03. The number of nitrogens with two attached hydrogens (primary N) is 1. The van der Waals surface area contributed by atoms with Crippen LogP contribution in [0, 0.1) is 0 Å². The van der Waals surface area contributed by atoms with E-state index < -0.39 is 18.5 Å². The van der Waals surface area contributed by atoms with Crippen LogP contribution < -0.4 is 11.1 Å². The number of nitrogens with one attached hydrogen (secondary N) is 1. The van der Waals surface area contributed by atoms with Crippen molar-refractivity contribution in [1.82, 2.24) is 10.3 Å². The molecule has 1 rings (SSSR count). The van der Waals surface area contributed by atoms with E-state index in [4.69, 9.17) is 45.3 Å². The van der Waals surface area contributed by atoms with Crippen molar-refractivity contribution in [2.45, 2.75) is 12.8 Å². The van der Waals surface area contributed by atoms with Crippen LogP contribution in [-0.4, -0.2) is 43.1 Å². The topological polar surface area (TPSA) is 121 Å². The fourth-order valence-electron chi connectivity index (χ4n) is 1.48. The van der Waals surface area contributed by atoms with Gasteiger partial charge in [-0.3, -0.25) is 9.59 Å². The molecule has 0 aliphatic carbocycles. The number of amides is 1. The Morgan fingerprint density at radius 2 is 1.88 bits per heavy atom. The molecule has 0 aliphatic rings. The lowest BCUT2D eigenvalue weighted by molar-refractivity contribution is -0.140. The van der Waals surface area contributed by atoms with Crippen molar-refractivity contribution in [2.75, 3.05) is 26.0 Å². The molecule has 0 aliphatic heterocycles. The van der Waals surface area contributed by atoms with Crippen molar-refractivity contribution in [3.63, 3.8) is 0 Å². The summed E-state index contributed by atoms with van der Waals surface area (Å²) in [6.45, 7) is -0.334. The van der Waals surface area contributed by atoms with E-state index in [-0.39, 0.29) is 45.5 Å². The number of rotatable bonds is 7. The number of anilines is 1. The molecule has 1 aromatic heterocycles. The molecule has 0 bridgehead atoms. The van der Waals surface area contributed by atoms with Gasteiger partial charge in [0.05, 0.1) is 17.8 Å². The molecule has 0 fully saturated rings. The summed E-state index contributed by atoms with van der Waals surface area (Å²) < 4.78 is 9.23. The molecule has 1 amide bonds. The van der Waals surface area contributed by atoms with E-state index in [1.165, 1.54) is 7.11 Å². The molecule has 0 saturated heterocycles. The maximum absolute atomic E-state index is 11.9. The van der Waals surface area contributed by atoms with Crippen LogP contribution in [0.1, 0.15) is 23.3 Å². The third-order valence-corrected chi connectivity index (χ3v) is 3.84. The third kappa shape index (κ3) is 5.70. The molecule has 0 radical (unpaired) electrons. The number of carbonyl (C=O) groups excluding carboxylic acids is 3. The van der Waals surface area contributed by atoms with E-state index in [0.717, 1.165) is 0 Å². The number of hydrogen-bond acceptors (Lipinski definition) is 7. The van der Waals surface area contributed by atoms with E-state index in [0.29, 0.717) is 6.42 Å². The van der Waals surface area contributed by atoms with Gasteiger partial charge in [0.25, 0.3) is 5.91 Å². The van der Waals surface area contributed by atoms with Crippen molar-refractivity contribution in [3.05, 3.63) is 20.9 Å². The fourth-order valence-corrected chi connectivity index (χ4v) is 2.07. The van der Waals surface area contributed by atoms with E-state index in [9.17, 15) is 14.4 Å². The summed E-state index contributed by atoms with van der Waals surface area (Å²) in [7, 11) is 1.27. The van der Waals surface area contributed by atoms with E-state index >= 15 is 0 Å². The lowest BCUT2D eigenvalue weighted by Crippen LogP contribution is -2.30. The Morgan fingerprint density at radius 1 is 1.21 bits per heavy atom. The SMILES string of the molecule is COC(=O)CCCNC(=O)COC(=O)c1nc(Cl)c(Cl)c(N)c1Cl. The molecule has 11 heteroatoms. The zero-order chi connectivity index (χ0) is 18.3. The number of methoxy groups -OCH3 is 1. The molecule has 0 aromatic carbocycles. The summed E-state index contributed by atoms with van der Waals surface area (Å²) >= 11 is 17.3. The predicted molar refractivity (Wildman–Crippen MR) is 88.2 cm³/mol. The molecule has 0 saturated carbocycles. The van der Waals surface area contributed by atoms with Crippen LogP contribution in [0.2, 0.25) is 15.2 Å². The first-order valence-electron chi connectivity index (χ1n) is 6.58. The van der Waals surface area contributed by atoms with Crippen LogP contribution >= 0.6 is 34.8 Å². The summed E-state index contributed by atoms with van der Waals surface area (Å²) in [6.07, 6.45) is 0.557. The number of nitrogens with zero attached hydrogens (tertiary/aromatic N) is 1. The van der Waals surface area contributed by atoms with E-state index in [1.807, 2.05) is 0 Å². The second kappa shape index (κ2) is 9.51. The van der Waals surface area contributed by atoms with Crippen molar-refractivity contribution in [2.24, 2.45) is 0 Å². The number of ether oxygens (including phenoxy) is 2. The third-order valence-electron chi connectivity index (χ3n) is 2.71. The molecule has 8 nitrogen and oxygen atoms in total. The predicted octanol–water partition coefficient (Wildman–Crippen LogP) is 1.85. The van der Waals surface area contributed by atoms with Gasteiger partial charge in [-0.1, -0.05) is 34.8 Å². The molecular formula is C13H14Cl3N3O5. The molecular weight excluding hydrogens is 385 g/mol. The minimum Gasteiger partial charge on any atom is -0.469 e. The minimum absolute atomic E-state index is 0.0819. The highest BCUT2D eigenvalue weighted by atomic mass is 35.5. The Labute approximate surface area is 152 Å². The second-order valence-corrected chi connectivity index (χ2v) is 5.51. The van der Waals surface area contributed by atoms with Crippen LogP contribution in [0.15, 0.2) is 0 Å². The zero-order valence-electron chi connectivity index (χ0n) is 12.5. The number of esters is 2. The first-order valence-corrected chi connectivity index (χ1v) is 7.71. The number of carbonyl (C=O) groups is 3. The van der Waals surface area contributed by atoms with Crippen LogP contribution in [-0.2, 0) is 19.1 Å². The number of pyridine rings is 1. The zero-order valence-corrected chi connectivity index (χ0v) is 14.8. The molecule has 1 heterocycles. The summed E-state index contributed by atoms with van der Waals surface area (Å²) in [6, 6.07) is 0. The van der Waals surface area contributed by atoms with Gasteiger partial charge in [0.1, 0.15) is 5.02 Å². The maximum atomic E-state index is 11.9. The lowest BCUT2D eigenvalue weighted by Gasteiger charge is -2.09. The highest BCUT2D eigenvalue weighted by Crippen LogP contribution is 2.34. The molecule has 1 aromatic rings. The Balaban J connectivity index is 2.49. The van der Waals surface area contributed by atoms with Crippen molar-refractivity contribution >= 4 is 58.3 Å². The van der Waals surface area contributed by atoms with Gasteiger partial charge in [-0.2, -0.15) is 0 Å². The first-order chi connectivity index (χ1) is 11.3. The molecule has 132 valence electrons. The van der Waals surface area contributed by atoms with Gasteiger partial charge < -0.3 is 20.5 Å². The quantitative estimate of drug-likeness (QED) is 0.408. The molecule has 3 N–H and O–H groups in total. The second-order valence-electron chi connectivity index (χ2n) is 4.40. The Hall–Kier alpha value is -1.77. The minimum atomic E-state index is -0.977. The first kappa shape index (κ1) is 20.3. The largest absolute Gasteiger partial charge is 0.469 e. The van der Waals surface area contributed by atoms with Crippen LogP contribution in [0.5, 0.6) is 0 Å². The van der Waals surface area contributed by atoms with Crippen molar-refractivity contribution in [1.29, 1.82) is 0 Å². The van der Waals surface area contributed by atoms with Crippen LogP contribution in [0.4, 0.5) is 5.69 Å².